The number of morpholine rings is 1. The van der Waals surface area contributed by atoms with Crippen LogP contribution in [0.2, 0.25) is 0 Å². The first-order valence-corrected chi connectivity index (χ1v) is 11.5. The van der Waals surface area contributed by atoms with Gasteiger partial charge in [0.2, 0.25) is 11.5 Å². The third-order valence-electron chi connectivity index (χ3n) is 6.35. The molecule has 1 fully saturated rings. The molecule has 38 heavy (non-hydrogen) atoms. The number of hydrogen-bond acceptors (Lipinski definition) is 12. The number of ketones is 2. The number of carbonyl (C=O) groups excluding carboxylic acids is 2. The lowest BCUT2D eigenvalue weighted by atomic mass is 9.86. The van der Waals surface area contributed by atoms with Crippen LogP contribution in [0, 0.1) is 0 Å². The van der Waals surface area contributed by atoms with Crippen LogP contribution in [-0.4, -0.2) is 93.2 Å². The van der Waals surface area contributed by atoms with Crippen molar-refractivity contribution in [1.29, 1.82) is 0 Å². The molecule has 0 radical (unpaired) electrons. The van der Waals surface area contributed by atoms with Crippen molar-refractivity contribution in [3.05, 3.63) is 70.9 Å². The van der Waals surface area contributed by atoms with Crippen LogP contribution in [0.4, 0.5) is 0 Å². The van der Waals surface area contributed by atoms with E-state index in [1.54, 1.807) is 12.1 Å². The van der Waals surface area contributed by atoms with Crippen LogP contribution in [0.3, 0.4) is 0 Å². The van der Waals surface area contributed by atoms with Gasteiger partial charge < -0.3 is 50.2 Å². The predicted molar refractivity (Wildman–Crippen MR) is 130 cm³/mol. The summed E-state index contributed by atoms with van der Waals surface area (Å²) in [5.74, 6) is -4.76. The summed E-state index contributed by atoms with van der Waals surface area (Å²) in [6.45, 7) is -2.13. The summed E-state index contributed by atoms with van der Waals surface area (Å²) in [4.78, 5) is 25.8. The van der Waals surface area contributed by atoms with Gasteiger partial charge >= 0.3 is 0 Å². The molecule has 12 nitrogen and oxygen atoms in total. The number of aliphatic hydroxyl groups is 4. The number of nitrogens with one attached hydrogen (secondary N) is 1. The van der Waals surface area contributed by atoms with Gasteiger partial charge in [-0.3, -0.25) is 9.59 Å². The predicted octanol–water partition coefficient (Wildman–Crippen LogP) is -0.233. The Bertz CT molecular complexity index is 1270. The van der Waals surface area contributed by atoms with Crippen LogP contribution >= 0.6 is 0 Å². The Morgan fingerprint density at radius 2 is 1.71 bits per heavy atom. The molecular formula is C26H27NO11. The Balaban J connectivity index is 1.59. The van der Waals surface area contributed by atoms with Gasteiger partial charge in [0, 0.05) is 16.7 Å². The molecule has 0 spiro atoms. The van der Waals surface area contributed by atoms with E-state index < -0.39 is 66.1 Å². The van der Waals surface area contributed by atoms with Gasteiger partial charge in [0.05, 0.1) is 32.6 Å². The zero-order valence-corrected chi connectivity index (χ0v) is 20.2. The molecule has 2 aromatic rings. The summed E-state index contributed by atoms with van der Waals surface area (Å²) in [5.41, 5.74) is -1.89. The fraction of sp³-hybridized carbons (Fsp3) is 0.308. The van der Waals surface area contributed by atoms with Crippen molar-refractivity contribution in [3.63, 3.8) is 0 Å². The van der Waals surface area contributed by atoms with E-state index in [0.29, 0.717) is 11.3 Å². The molecule has 2 atom stereocenters. The van der Waals surface area contributed by atoms with Gasteiger partial charge in [0.1, 0.15) is 17.4 Å². The number of benzene rings is 2. The minimum atomic E-state index is -2.37. The van der Waals surface area contributed by atoms with Crippen molar-refractivity contribution in [2.24, 2.45) is 0 Å². The van der Waals surface area contributed by atoms with Crippen LogP contribution in [0.1, 0.15) is 20.7 Å². The molecule has 2 unspecified atom stereocenters. The lowest BCUT2D eigenvalue weighted by molar-refractivity contribution is -0.254. The number of hydrogen-bond donors (Lipinski definition) is 7. The molecular weight excluding hydrogens is 502 g/mol. The fourth-order valence-electron chi connectivity index (χ4n) is 4.05. The number of phenolic OH excluding ortho intramolecular Hbond substituents is 2. The number of allylic oxidation sites excluding steroid dienone is 2. The Kier molecular flexibility index (Phi) is 7.44. The number of phenols is 2. The van der Waals surface area contributed by atoms with Crippen molar-refractivity contribution in [1.82, 2.24) is 5.32 Å². The molecule has 0 aromatic heterocycles. The summed E-state index contributed by atoms with van der Waals surface area (Å²) in [5, 5.41) is 64.3. The molecule has 0 saturated carbocycles. The molecule has 1 heterocycles. The number of aromatic hydroxyl groups is 2. The summed E-state index contributed by atoms with van der Waals surface area (Å²) in [7, 11) is 1.49. The maximum absolute atomic E-state index is 13.4. The van der Waals surface area contributed by atoms with Crippen molar-refractivity contribution >= 4 is 11.6 Å². The second-order valence-electron chi connectivity index (χ2n) is 8.91. The maximum atomic E-state index is 13.4. The zero-order chi connectivity index (χ0) is 27.7. The van der Waals surface area contributed by atoms with Gasteiger partial charge in [0.25, 0.3) is 0 Å². The molecule has 2 aliphatic rings. The smallest absolute Gasteiger partial charge is 0.238 e. The van der Waals surface area contributed by atoms with Crippen LogP contribution < -0.4 is 14.8 Å². The van der Waals surface area contributed by atoms with E-state index in [4.69, 9.17) is 14.2 Å². The van der Waals surface area contributed by atoms with E-state index >= 15 is 0 Å². The molecule has 1 aliphatic carbocycles. The SMILES string of the molecule is COc1ccc(C(=O)COc2c(O)cc(C(=O)C3=C4NC(CO)(CO)COC4(O)C(O)C=C3)cc2O)cc1. The zero-order valence-electron chi connectivity index (χ0n) is 20.2. The molecule has 0 amide bonds. The van der Waals surface area contributed by atoms with E-state index in [2.05, 4.69) is 5.32 Å². The average Bonchev–Trinajstić information content (AvgIpc) is 2.92. The fourth-order valence-corrected chi connectivity index (χ4v) is 4.05. The lowest BCUT2D eigenvalue weighted by Gasteiger charge is -2.48. The highest BCUT2D eigenvalue weighted by Crippen LogP contribution is 2.40. The standard InChI is InChI=1S/C26H27NO11/c1-36-16-4-2-14(3-5-16)20(32)10-37-23-18(30)8-15(9-19(23)31)22(34)17-6-7-21(33)26(35)24(17)27-25(11-28,12-29)13-38-26/h2-9,21,27-31,33,35H,10-13H2,1H3. The molecule has 1 aliphatic heterocycles. The topological polar surface area (TPSA) is 195 Å². The highest BCUT2D eigenvalue weighted by Gasteiger charge is 2.52. The number of methoxy groups -OCH3 is 1. The molecule has 1 saturated heterocycles. The minimum Gasteiger partial charge on any atom is -0.504 e. The van der Waals surface area contributed by atoms with Gasteiger partial charge in [-0.05, 0) is 42.5 Å². The van der Waals surface area contributed by atoms with Gasteiger partial charge in [-0.1, -0.05) is 6.08 Å². The number of carbonyl (C=O) groups is 2. The molecule has 4 rings (SSSR count). The molecule has 7 N–H and O–H groups in total. The first-order chi connectivity index (χ1) is 18.1. The van der Waals surface area contributed by atoms with Gasteiger partial charge in [-0.15, -0.1) is 0 Å². The Labute approximate surface area is 216 Å². The van der Waals surface area contributed by atoms with Crippen LogP contribution in [0.15, 0.2) is 59.8 Å². The number of aliphatic hydroxyl groups excluding tert-OH is 3. The number of rotatable bonds is 9. The lowest BCUT2D eigenvalue weighted by Crippen LogP contribution is -2.67. The highest BCUT2D eigenvalue weighted by molar-refractivity contribution is 6.12. The number of Topliss-reactive ketones (excluding diaryl/α,β-unsaturated/α-hetero) is 2. The summed E-state index contributed by atoms with van der Waals surface area (Å²) in [6.07, 6.45) is 0.743. The Morgan fingerprint density at radius 3 is 2.29 bits per heavy atom. The first kappa shape index (κ1) is 27.1. The minimum absolute atomic E-state index is 0.217. The summed E-state index contributed by atoms with van der Waals surface area (Å²) < 4.78 is 15.7. The normalized spacial score (nSPS) is 21.9. The Morgan fingerprint density at radius 1 is 1.08 bits per heavy atom. The first-order valence-electron chi connectivity index (χ1n) is 11.5. The Hall–Kier alpha value is -3.94. The van der Waals surface area contributed by atoms with Crippen molar-refractivity contribution in [2.75, 3.05) is 33.5 Å². The second-order valence-corrected chi connectivity index (χ2v) is 8.91. The van der Waals surface area contributed by atoms with Crippen molar-refractivity contribution in [3.8, 4) is 23.0 Å². The molecule has 2 aromatic carbocycles. The third-order valence-corrected chi connectivity index (χ3v) is 6.35. The van der Waals surface area contributed by atoms with Gasteiger partial charge in [0.15, 0.2) is 29.7 Å². The molecule has 12 heteroatoms. The number of fused-ring (bicyclic) bond motifs is 1. The largest absolute Gasteiger partial charge is 0.504 e. The van der Waals surface area contributed by atoms with Crippen molar-refractivity contribution < 1.29 is 54.4 Å². The monoisotopic (exact) mass is 529 g/mol. The van der Waals surface area contributed by atoms with Crippen LogP contribution in [0.5, 0.6) is 23.0 Å². The van der Waals surface area contributed by atoms with E-state index in [-0.39, 0.29) is 23.4 Å². The highest BCUT2D eigenvalue weighted by atomic mass is 16.6. The summed E-state index contributed by atoms with van der Waals surface area (Å²) >= 11 is 0. The van der Waals surface area contributed by atoms with Gasteiger partial charge in [-0.2, -0.15) is 0 Å². The third kappa shape index (κ3) is 4.83. The van der Waals surface area contributed by atoms with E-state index in [9.17, 15) is 40.2 Å². The van der Waals surface area contributed by atoms with E-state index in [1.165, 1.54) is 25.3 Å². The van der Waals surface area contributed by atoms with Crippen LogP contribution in [-0.2, 0) is 4.74 Å². The second kappa shape index (κ2) is 10.4. The van der Waals surface area contributed by atoms with Crippen molar-refractivity contribution in [2.45, 2.75) is 17.4 Å². The van der Waals surface area contributed by atoms with E-state index in [0.717, 1.165) is 18.2 Å². The molecule has 202 valence electrons. The van der Waals surface area contributed by atoms with E-state index in [1.807, 2.05) is 0 Å². The maximum Gasteiger partial charge on any atom is 0.238 e. The summed E-state index contributed by atoms with van der Waals surface area (Å²) in [6, 6.07) is 8.24. The number of ether oxygens (including phenoxy) is 3. The average molecular weight is 529 g/mol. The quantitative estimate of drug-likeness (QED) is 0.211. The molecule has 0 bridgehead atoms. The van der Waals surface area contributed by atoms with Crippen LogP contribution in [0.25, 0.3) is 0 Å². The van der Waals surface area contributed by atoms with Gasteiger partial charge in [-0.25, -0.2) is 0 Å².